The Morgan fingerprint density at radius 3 is 2.04 bits per heavy atom. The third kappa shape index (κ3) is 11.3. The molecule has 2 aliphatic rings. The second-order valence-electron chi connectivity index (χ2n) is 17.1. The van der Waals surface area contributed by atoms with E-state index in [0.29, 0.717) is 87.5 Å². The summed E-state index contributed by atoms with van der Waals surface area (Å²) in [7, 11) is 0. The van der Waals surface area contributed by atoms with Gasteiger partial charge < -0.3 is 19.3 Å². The van der Waals surface area contributed by atoms with Crippen LogP contribution >= 0.6 is 34.8 Å². The molecule has 0 amide bonds. The maximum Gasteiger partial charge on any atom is 0.360 e. The van der Waals surface area contributed by atoms with E-state index in [9.17, 15) is 9.90 Å². The lowest BCUT2D eigenvalue weighted by Gasteiger charge is -2.31. The highest BCUT2D eigenvalue weighted by Crippen LogP contribution is 2.41. The number of halogens is 3. The van der Waals surface area contributed by atoms with Crippen molar-refractivity contribution in [3.63, 3.8) is 0 Å². The van der Waals surface area contributed by atoms with E-state index in [1.165, 1.54) is 0 Å². The lowest BCUT2D eigenvalue weighted by molar-refractivity contribution is -0.113. The van der Waals surface area contributed by atoms with Gasteiger partial charge in [-0.25, -0.2) is 4.42 Å². The second-order valence-corrected chi connectivity index (χ2v) is 18.3. The van der Waals surface area contributed by atoms with Gasteiger partial charge in [0, 0.05) is 35.3 Å². The maximum absolute atomic E-state index is 13.9. The van der Waals surface area contributed by atoms with Gasteiger partial charge in [-0.3, -0.25) is 4.79 Å². The lowest BCUT2D eigenvalue weighted by atomic mass is 9.83. The average molecular weight is 835 g/mol. The van der Waals surface area contributed by atoms with Crippen LogP contribution in [0.15, 0.2) is 99.4 Å². The molecule has 0 saturated carbocycles. The van der Waals surface area contributed by atoms with E-state index in [4.69, 9.17) is 53.4 Å². The first-order valence-corrected chi connectivity index (χ1v) is 20.9. The Bertz CT molecular complexity index is 2130. The van der Waals surface area contributed by atoms with Crippen LogP contribution in [0.5, 0.6) is 0 Å². The maximum atomic E-state index is 13.9. The smallest absolute Gasteiger partial charge is 0.360 e. The van der Waals surface area contributed by atoms with Crippen molar-refractivity contribution >= 4 is 52.4 Å². The zero-order chi connectivity index (χ0) is 41.7. The largest absolute Gasteiger partial charge is 0.506 e. The van der Waals surface area contributed by atoms with Crippen LogP contribution < -0.4 is 0 Å². The van der Waals surface area contributed by atoms with Crippen LogP contribution in [-0.2, 0) is 30.8 Å². The van der Waals surface area contributed by atoms with Crippen molar-refractivity contribution in [3.8, 4) is 11.3 Å². The van der Waals surface area contributed by atoms with E-state index >= 15 is 0 Å². The van der Waals surface area contributed by atoms with Crippen LogP contribution in [0.3, 0.4) is 0 Å². The summed E-state index contributed by atoms with van der Waals surface area (Å²) in [5, 5.41) is 13.0. The molecule has 0 unspecified atom stereocenters. The minimum atomic E-state index is -0.514. The quantitative estimate of drug-likeness (QED) is 0.0829. The molecule has 1 aromatic heterocycles. The van der Waals surface area contributed by atoms with Gasteiger partial charge in [-0.2, -0.15) is 0 Å². The summed E-state index contributed by atoms with van der Waals surface area (Å²) in [6, 6.07) is 14.9. The molecule has 0 saturated heterocycles. The number of hydrogen-bond donors (Lipinski definition) is 1. The monoisotopic (exact) mass is 833 g/mol. The summed E-state index contributed by atoms with van der Waals surface area (Å²) < 4.78 is 25.2. The third-order valence-electron chi connectivity index (χ3n) is 10.1. The number of rotatable bonds is 17. The number of ether oxygens (including phenoxy) is 3. The first-order chi connectivity index (χ1) is 26.9. The lowest BCUT2D eigenvalue weighted by Crippen LogP contribution is -2.26. The van der Waals surface area contributed by atoms with Crippen molar-refractivity contribution < 1.29 is 28.5 Å². The molecule has 0 atom stereocenters. The van der Waals surface area contributed by atoms with Crippen molar-refractivity contribution in [1.82, 2.24) is 0 Å². The van der Waals surface area contributed by atoms with E-state index in [1.54, 1.807) is 24.3 Å². The van der Waals surface area contributed by atoms with Gasteiger partial charge in [-0.1, -0.05) is 83.3 Å². The fraction of sp³-hybridized carbons (Fsp3) is 0.417. The summed E-state index contributed by atoms with van der Waals surface area (Å²) in [5.41, 5.74) is 3.39. The summed E-state index contributed by atoms with van der Waals surface area (Å²) in [6.45, 7) is 21.2. The van der Waals surface area contributed by atoms with Crippen molar-refractivity contribution in [3.05, 3.63) is 133 Å². The van der Waals surface area contributed by atoms with Crippen LogP contribution in [0, 0.1) is 17.3 Å². The van der Waals surface area contributed by atoms with Crippen molar-refractivity contribution in [2.75, 3.05) is 26.4 Å². The number of aryl methyl sites for hydroxylation is 1. The predicted molar refractivity (Wildman–Crippen MR) is 235 cm³/mol. The first-order valence-electron chi connectivity index (χ1n) is 19.8. The molecule has 9 heteroatoms. The third-order valence-corrected chi connectivity index (χ3v) is 11.2. The highest BCUT2D eigenvalue weighted by Gasteiger charge is 2.37. The molecule has 1 N–H and O–H groups in total. The molecule has 2 heterocycles. The minimum Gasteiger partial charge on any atom is -0.506 e. The Kier molecular flexibility index (Phi) is 14.8. The molecule has 1 aliphatic carbocycles. The zero-order valence-corrected chi connectivity index (χ0v) is 36.9. The molecule has 6 nitrogen and oxygen atoms in total. The zero-order valence-electron chi connectivity index (χ0n) is 34.7. The average Bonchev–Trinajstić information content (AvgIpc) is 3.17. The van der Waals surface area contributed by atoms with Crippen LogP contribution in [0.25, 0.3) is 23.2 Å². The number of allylic oxidation sites excluding steroid dienone is 6. The molecule has 0 spiro atoms. The number of aliphatic hydroxyl groups excluding tert-OH is 1. The van der Waals surface area contributed by atoms with Crippen LogP contribution in [-0.4, -0.2) is 37.3 Å². The van der Waals surface area contributed by atoms with Gasteiger partial charge in [0.2, 0.25) is 5.78 Å². The number of carbonyl (C=O) groups excluding carboxylic acids is 1. The number of benzene rings is 2. The molecule has 2 aromatic carbocycles. The van der Waals surface area contributed by atoms with Gasteiger partial charge >= 0.3 is 11.5 Å². The molecule has 304 valence electrons. The summed E-state index contributed by atoms with van der Waals surface area (Å²) >= 11 is 19.1. The van der Waals surface area contributed by atoms with E-state index in [1.807, 2.05) is 48.6 Å². The highest BCUT2D eigenvalue weighted by molar-refractivity contribution is 6.42. The number of carbonyl (C=O) groups is 1. The molecule has 57 heavy (non-hydrogen) atoms. The van der Waals surface area contributed by atoms with Crippen molar-refractivity contribution in [1.29, 1.82) is 0 Å². The number of Topliss-reactive ketones (excluding diaryl/α,β-unsaturated/α-hetero) is 1. The second kappa shape index (κ2) is 18.9. The van der Waals surface area contributed by atoms with Crippen molar-refractivity contribution in [2.45, 2.75) is 87.0 Å². The van der Waals surface area contributed by atoms with Gasteiger partial charge in [-0.05, 0) is 122 Å². The Balaban J connectivity index is 1.53. The van der Waals surface area contributed by atoms with Gasteiger partial charge in [0.25, 0.3) is 0 Å². The van der Waals surface area contributed by atoms with Crippen molar-refractivity contribution in [2.24, 2.45) is 17.3 Å². The number of hydrogen-bond acceptors (Lipinski definition) is 5. The SMILES string of the molecule is CCc1cc(-c2cc(C=C3C(=O)C(/C=C4/C=C(c5ccc(Cl)c(Cl)c5)OC(C(C)(C)COCCC(C)C)=C4)=C3O)cc(C(C)(C)COCCC(C)C)[o+]2)ccc1Cl. The van der Waals surface area contributed by atoms with Crippen LogP contribution in [0.4, 0.5) is 0 Å². The highest BCUT2D eigenvalue weighted by atomic mass is 35.5. The van der Waals surface area contributed by atoms with Gasteiger partial charge in [0.05, 0.1) is 46.0 Å². The Morgan fingerprint density at radius 1 is 0.789 bits per heavy atom. The first kappa shape index (κ1) is 44.5. The summed E-state index contributed by atoms with van der Waals surface area (Å²) in [4.78, 5) is 13.9. The minimum absolute atomic E-state index is 0.0883. The summed E-state index contributed by atoms with van der Waals surface area (Å²) in [5.74, 6) is 3.20. The summed E-state index contributed by atoms with van der Waals surface area (Å²) in [6.07, 6.45) is 9.80. The fourth-order valence-electron chi connectivity index (χ4n) is 6.29. The van der Waals surface area contributed by atoms with E-state index in [-0.39, 0.29) is 22.7 Å². The fourth-order valence-corrected chi connectivity index (χ4v) is 6.84. The van der Waals surface area contributed by atoms with Gasteiger partial charge in [0.1, 0.15) is 22.7 Å². The normalized spacial score (nSPS) is 16.4. The molecule has 0 radical (unpaired) electrons. The molecule has 5 rings (SSSR count). The molecular formula is C48H56Cl3O6+. The molecule has 3 aromatic rings. The topological polar surface area (TPSA) is 76.3 Å². The van der Waals surface area contributed by atoms with E-state index in [0.717, 1.165) is 36.0 Å². The van der Waals surface area contributed by atoms with E-state index in [2.05, 4.69) is 62.3 Å². The Morgan fingerprint density at radius 2 is 1.42 bits per heavy atom. The predicted octanol–water partition coefficient (Wildman–Crippen LogP) is 13.8. The Hall–Kier alpha value is -3.65. The molecular weight excluding hydrogens is 779 g/mol. The number of aliphatic hydroxyl groups is 1. The van der Waals surface area contributed by atoms with Gasteiger partial charge in [0.15, 0.2) is 0 Å². The Labute approximate surface area is 353 Å². The number of ketones is 1. The molecule has 1 aliphatic heterocycles. The molecule has 0 bridgehead atoms. The van der Waals surface area contributed by atoms with E-state index < -0.39 is 10.8 Å². The van der Waals surface area contributed by atoms with Crippen LogP contribution in [0.2, 0.25) is 15.1 Å². The van der Waals surface area contributed by atoms with Crippen LogP contribution in [0.1, 0.15) is 97.6 Å². The van der Waals surface area contributed by atoms with Gasteiger partial charge in [-0.15, -0.1) is 0 Å². The molecule has 0 fully saturated rings. The standard InChI is InChI=1S/C48H55Cl3O6/c1-10-33-25-34(11-13-38(33)49)41-21-31(23-43(56-41)47(6,7)27-54-17-15-29(2)3)19-36-45(52)37(46(36)53)20-32-22-42(35-12-14-39(50)40(51)26-35)57-44(24-32)48(8,9)28-55-18-16-30(4)5/h11-14,19-26,29-30H,10,15-18,27-28H2,1-9H3/p+1.